The molecule has 0 amide bonds. The van der Waals surface area contributed by atoms with Crippen LogP contribution in [-0.4, -0.2) is 64.3 Å². The van der Waals surface area contributed by atoms with E-state index in [4.69, 9.17) is 4.74 Å². The number of nitrogens with zero attached hydrogens (tertiary/aromatic N) is 4. The lowest BCUT2D eigenvalue weighted by Crippen LogP contribution is -2.52. The van der Waals surface area contributed by atoms with Gasteiger partial charge in [-0.15, -0.1) is 24.0 Å². The van der Waals surface area contributed by atoms with Gasteiger partial charge in [-0.3, -0.25) is 4.99 Å². The molecule has 2 aromatic carbocycles. The Labute approximate surface area is 202 Å². The summed E-state index contributed by atoms with van der Waals surface area (Å²) in [6.45, 7) is 6.53. The van der Waals surface area contributed by atoms with E-state index in [9.17, 15) is 0 Å². The molecule has 2 heterocycles. The predicted molar refractivity (Wildman–Crippen MR) is 140 cm³/mol. The molecule has 0 aliphatic carbocycles. The number of guanidine groups is 1. The smallest absolute Gasteiger partial charge is 0.194 e. The van der Waals surface area contributed by atoms with Gasteiger partial charge < -0.3 is 24.8 Å². The van der Waals surface area contributed by atoms with Crippen molar-refractivity contribution in [3.63, 3.8) is 0 Å². The summed E-state index contributed by atoms with van der Waals surface area (Å²) in [4.78, 5) is 11.6. The van der Waals surface area contributed by atoms with Crippen molar-refractivity contribution in [1.82, 2.24) is 10.2 Å². The van der Waals surface area contributed by atoms with Crippen LogP contribution in [0.2, 0.25) is 0 Å². The number of anilines is 2. The molecule has 0 radical (unpaired) electrons. The minimum Gasteiger partial charge on any atom is -0.495 e. The number of nitrogens with one attached hydrogen (secondary N) is 1. The summed E-state index contributed by atoms with van der Waals surface area (Å²) in [7, 11) is 3.59. The molecule has 0 atom stereocenters. The molecule has 1 saturated heterocycles. The number of ether oxygens (including phenoxy) is 1. The largest absolute Gasteiger partial charge is 0.495 e. The molecule has 0 aromatic heterocycles. The van der Waals surface area contributed by atoms with Crippen LogP contribution in [0.4, 0.5) is 11.4 Å². The zero-order valence-electron chi connectivity index (χ0n) is 18.3. The molecule has 0 spiro atoms. The molecule has 0 bridgehead atoms. The Balaban J connectivity index is 0.00000272. The van der Waals surface area contributed by atoms with Crippen LogP contribution in [0, 0.1) is 0 Å². The predicted octanol–water partition coefficient (Wildman–Crippen LogP) is 3.59. The summed E-state index contributed by atoms with van der Waals surface area (Å²) in [5.41, 5.74) is 3.70. The number of piperazine rings is 1. The summed E-state index contributed by atoms with van der Waals surface area (Å²) in [6, 6.07) is 17.0. The fraction of sp³-hybridized carbons (Fsp3) is 0.375. The summed E-state index contributed by atoms with van der Waals surface area (Å²) in [5.74, 6) is 1.89. The van der Waals surface area contributed by atoms with Gasteiger partial charge in [0.25, 0.3) is 0 Å². The third-order valence-corrected chi connectivity index (χ3v) is 5.79. The second-order valence-electron chi connectivity index (χ2n) is 7.59. The lowest BCUT2D eigenvalue weighted by Gasteiger charge is -2.38. The van der Waals surface area contributed by atoms with Crippen LogP contribution in [0.1, 0.15) is 5.56 Å². The van der Waals surface area contributed by atoms with Crippen LogP contribution in [0.15, 0.2) is 65.7 Å². The van der Waals surface area contributed by atoms with Crippen molar-refractivity contribution in [3.8, 4) is 5.75 Å². The minimum absolute atomic E-state index is 0. The Morgan fingerprint density at radius 2 is 1.61 bits per heavy atom. The highest BCUT2D eigenvalue weighted by Gasteiger charge is 2.21. The molecule has 2 aliphatic rings. The van der Waals surface area contributed by atoms with Gasteiger partial charge in [0.1, 0.15) is 5.75 Å². The molecule has 166 valence electrons. The number of methoxy groups -OCH3 is 1. The molecule has 0 saturated carbocycles. The van der Waals surface area contributed by atoms with E-state index in [1.54, 1.807) is 7.11 Å². The molecule has 1 N–H and O–H groups in total. The Bertz CT molecular complexity index is 883. The van der Waals surface area contributed by atoms with Crippen LogP contribution < -0.4 is 19.9 Å². The van der Waals surface area contributed by atoms with Gasteiger partial charge >= 0.3 is 0 Å². The van der Waals surface area contributed by atoms with E-state index in [1.807, 2.05) is 19.2 Å². The molecule has 6 nitrogen and oxygen atoms in total. The maximum Gasteiger partial charge on any atom is 0.194 e. The van der Waals surface area contributed by atoms with Gasteiger partial charge in [-0.25, -0.2) is 0 Å². The van der Waals surface area contributed by atoms with Crippen molar-refractivity contribution in [2.24, 2.45) is 4.99 Å². The first-order valence-electron chi connectivity index (χ1n) is 10.6. The average Bonchev–Trinajstić information content (AvgIpc) is 3.35. The van der Waals surface area contributed by atoms with E-state index in [-0.39, 0.29) is 24.0 Å². The fourth-order valence-electron chi connectivity index (χ4n) is 4.08. The van der Waals surface area contributed by atoms with Crippen molar-refractivity contribution in [2.75, 3.05) is 63.2 Å². The van der Waals surface area contributed by atoms with Crippen molar-refractivity contribution in [3.05, 3.63) is 66.2 Å². The van der Waals surface area contributed by atoms with E-state index in [1.165, 1.54) is 11.3 Å². The summed E-state index contributed by atoms with van der Waals surface area (Å²) >= 11 is 0. The third-order valence-electron chi connectivity index (χ3n) is 5.79. The van der Waals surface area contributed by atoms with Gasteiger partial charge in [0.2, 0.25) is 0 Å². The lowest BCUT2D eigenvalue weighted by molar-refractivity contribution is 0.367. The molecule has 7 heteroatoms. The van der Waals surface area contributed by atoms with Crippen LogP contribution >= 0.6 is 24.0 Å². The first kappa shape index (κ1) is 23.2. The van der Waals surface area contributed by atoms with Gasteiger partial charge in [0.15, 0.2) is 5.96 Å². The Morgan fingerprint density at radius 3 is 2.26 bits per heavy atom. The number of hydrogen-bond acceptors (Lipinski definition) is 4. The SMILES string of the molecule is CN=C(NCc1ccc(N2CC=CC2)cc1)N1CCN(c2ccccc2OC)CC1.I. The van der Waals surface area contributed by atoms with Gasteiger partial charge in [-0.05, 0) is 29.8 Å². The number of aliphatic imine (C=N–C) groups is 1. The third kappa shape index (κ3) is 5.64. The Kier molecular flexibility index (Phi) is 8.45. The highest BCUT2D eigenvalue weighted by molar-refractivity contribution is 14.0. The van der Waals surface area contributed by atoms with E-state index in [2.05, 4.69) is 73.6 Å². The molecular formula is C24H32IN5O. The lowest BCUT2D eigenvalue weighted by atomic mass is 10.2. The summed E-state index contributed by atoms with van der Waals surface area (Å²) in [6.07, 6.45) is 4.43. The second-order valence-corrected chi connectivity index (χ2v) is 7.59. The normalized spacial score (nSPS) is 16.3. The van der Waals surface area contributed by atoms with Crippen molar-refractivity contribution >= 4 is 41.3 Å². The molecule has 2 aromatic rings. The maximum absolute atomic E-state index is 5.52. The van der Waals surface area contributed by atoms with Crippen molar-refractivity contribution in [2.45, 2.75) is 6.54 Å². The molecule has 31 heavy (non-hydrogen) atoms. The Morgan fingerprint density at radius 1 is 0.935 bits per heavy atom. The van der Waals surface area contributed by atoms with Crippen LogP contribution in [0.3, 0.4) is 0 Å². The van der Waals surface area contributed by atoms with E-state index in [0.717, 1.165) is 63.2 Å². The van der Waals surface area contributed by atoms with E-state index >= 15 is 0 Å². The summed E-state index contributed by atoms with van der Waals surface area (Å²) < 4.78 is 5.52. The fourth-order valence-corrected chi connectivity index (χ4v) is 4.08. The zero-order chi connectivity index (χ0) is 20.8. The first-order valence-corrected chi connectivity index (χ1v) is 10.6. The van der Waals surface area contributed by atoms with E-state index < -0.39 is 0 Å². The number of para-hydroxylation sites is 2. The van der Waals surface area contributed by atoms with Crippen LogP contribution in [-0.2, 0) is 6.54 Å². The number of rotatable bonds is 5. The summed E-state index contributed by atoms with van der Waals surface area (Å²) in [5, 5.41) is 3.53. The number of benzene rings is 2. The van der Waals surface area contributed by atoms with Crippen molar-refractivity contribution in [1.29, 1.82) is 0 Å². The van der Waals surface area contributed by atoms with E-state index in [0.29, 0.717) is 0 Å². The molecular weight excluding hydrogens is 501 g/mol. The molecule has 0 unspecified atom stereocenters. The Hall–Kier alpha value is -2.42. The minimum atomic E-state index is 0. The van der Waals surface area contributed by atoms with Gasteiger partial charge in [-0.2, -0.15) is 0 Å². The molecule has 4 rings (SSSR count). The quantitative estimate of drug-likeness (QED) is 0.276. The topological polar surface area (TPSA) is 43.3 Å². The molecule has 2 aliphatic heterocycles. The van der Waals surface area contributed by atoms with Gasteiger partial charge in [-0.1, -0.05) is 36.4 Å². The van der Waals surface area contributed by atoms with Crippen LogP contribution in [0.25, 0.3) is 0 Å². The number of hydrogen-bond donors (Lipinski definition) is 1. The standard InChI is InChI=1S/C24H31N5O.HI/c1-25-24(26-19-20-9-11-21(12-10-20)27-13-5-6-14-27)29-17-15-28(16-18-29)22-7-3-4-8-23(22)30-2;/h3-12H,13-19H2,1-2H3,(H,25,26);1H. The average molecular weight is 533 g/mol. The first-order chi connectivity index (χ1) is 14.8. The number of halogens is 1. The molecule has 1 fully saturated rings. The maximum atomic E-state index is 5.52. The van der Waals surface area contributed by atoms with Gasteiger partial charge in [0, 0.05) is 58.5 Å². The van der Waals surface area contributed by atoms with Gasteiger partial charge in [0.05, 0.1) is 12.8 Å². The second kappa shape index (κ2) is 11.3. The zero-order valence-corrected chi connectivity index (χ0v) is 20.7. The highest BCUT2D eigenvalue weighted by atomic mass is 127. The highest BCUT2D eigenvalue weighted by Crippen LogP contribution is 2.28. The monoisotopic (exact) mass is 533 g/mol. The van der Waals surface area contributed by atoms with Crippen molar-refractivity contribution < 1.29 is 4.74 Å². The van der Waals surface area contributed by atoms with Crippen LogP contribution in [0.5, 0.6) is 5.75 Å².